The molecule has 2 saturated heterocycles. The molecule has 1 N–H and O–H groups in total. The first-order valence-electron chi connectivity index (χ1n) is 8.04. The summed E-state index contributed by atoms with van der Waals surface area (Å²) in [6.45, 7) is 7.17. The number of amides is 1. The van der Waals surface area contributed by atoms with Crippen molar-refractivity contribution in [2.24, 2.45) is 5.41 Å². The first-order valence-corrected chi connectivity index (χ1v) is 8.04. The Bertz CT molecular complexity index is 577. The Morgan fingerprint density at radius 2 is 2.19 bits per heavy atom. The SMILES string of the molecule is CC(=O)N1CCc2cc(N3CCC4(CCNC4)C3)ccc21. The molecule has 4 rings (SSSR count). The highest BCUT2D eigenvalue weighted by atomic mass is 16.2. The fraction of sp³-hybridized carbons (Fsp3) is 0.588. The van der Waals surface area contributed by atoms with Crippen LogP contribution in [0.1, 0.15) is 25.3 Å². The van der Waals surface area contributed by atoms with Gasteiger partial charge in [0.25, 0.3) is 0 Å². The third-order valence-corrected chi connectivity index (χ3v) is 5.47. The predicted molar refractivity (Wildman–Crippen MR) is 84.9 cm³/mol. The minimum atomic E-state index is 0.152. The summed E-state index contributed by atoms with van der Waals surface area (Å²) < 4.78 is 0. The highest BCUT2D eigenvalue weighted by Gasteiger charge is 2.40. The van der Waals surface area contributed by atoms with Gasteiger partial charge in [0.1, 0.15) is 0 Å². The Kier molecular flexibility index (Phi) is 2.96. The van der Waals surface area contributed by atoms with Crippen LogP contribution >= 0.6 is 0 Å². The second kappa shape index (κ2) is 4.73. The summed E-state index contributed by atoms with van der Waals surface area (Å²) in [6, 6.07) is 6.64. The van der Waals surface area contributed by atoms with E-state index in [9.17, 15) is 4.79 Å². The van der Waals surface area contributed by atoms with Crippen molar-refractivity contribution in [2.75, 3.05) is 42.5 Å². The Labute approximate surface area is 126 Å². The van der Waals surface area contributed by atoms with Crippen molar-refractivity contribution in [3.63, 3.8) is 0 Å². The number of rotatable bonds is 1. The molecule has 21 heavy (non-hydrogen) atoms. The molecule has 3 aliphatic heterocycles. The number of fused-ring (bicyclic) bond motifs is 1. The lowest BCUT2D eigenvalue weighted by Crippen LogP contribution is -2.29. The Hall–Kier alpha value is -1.55. The zero-order chi connectivity index (χ0) is 14.4. The second-order valence-corrected chi connectivity index (χ2v) is 6.83. The standard InChI is InChI=1S/C17H23N3O/c1-13(21)20-8-4-14-10-15(2-3-16(14)20)19-9-6-17(12-19)5-7-18-11-17/h2-3,10,18H,4-9,11-12H2,1H3. The van der Waals surface area contributed by atoms with Crippen molar-refractivity contribution >= 4 is 17.3 Å². The molecule has 2 fully saturated rings. The summed E-state index contributed by atoms with van der Waals surface area (Å²) in [5.41, 5.74) is 4.28. The first kappa shape index (κ1) is 13.1. The first-order chi connectivity index (χ1) is 10.2. The van der Waals surface area contributed by atoms with Crippen LogP contribution < -0.4 is 15.1 Å². The molecule has 0 saturated carbocycles. The number of anilines is 2. The molecule has 1 amide bonds. The Morgan fingerprint density at radius 1 is 1.29 bits per heavy atom. The smallest absolute Gasteiger partial charge is 0.223 e. The highest BCUT2D eigenvalue weighted by molar-refractivity contribution is 5.94. The van der Waals surface area contributed by atoms with E-state index in [1.807, 2.05) is 4.90 Å². The van der Waals surface area contributed by atoms with E-state index in [1.54, 1.807) is 6.92 Å². The molecule has 1 unspecified atom stereocenters. The molecule has 1 aromatic rings. The number of benzene rings is 1. The zero-order valence-electron chi connectivity index (χ0n) is 12.7. The average Bonchev–Trinajstić information content (AvgIpc) is 3.19. The van der Waals surface area contributed by atoms with Crippen LogP contribution in [0.5, 0.6) is 0 Å². The number of carbonyl (C=O) groups excluding carboxylic acids is 1. The van der Waals surface area contributed by atoms with Gasteiger partial charge in [-0.3, -0.25) is 4.79 Å². The van der Waals surface area contributed by atoms with Crippen LogP contribution in [0.3, 0.4) is 0 Å². The largest absolute Gasteiger partial charge is 0.371 e. The van der Waals surface area contributed by atoms with Gasteiger partial charge in [-0.25, -0.2) is 0 Å². The monoisotopic (exact) mass is 285 g/mol. The molecule has 1 aromatic carbocycles. The average molecular weight is 285 g/mol. The molecule has 1 spiro atoms. The summed E-state index contributed by atoms with van der Waals surface area (Å²) in [6.07, 6.45) is 3.60. The van der Waals surface area contributed by atoms with E-state index in [-0.39, 0.29) is 5.91 Å². The van der Waals surface area contributed by atoms with Gasteiger partial charge in [-0.05, 0) is 49.6 Å². The summed E-state index contributed by atoms with van der Waals surface area (Å²) in [5, 5.41) is 3.52. The summed E-state index contributed by atoms with van der Waals surface area (Å²) in [7, 11) is 0. The summed E-state index contributed by atoms with van der Waals surface area (Å²) >= 11 is 0. The molecule has 3 aliphatic rings. The molecule has 0 bridgehead atoms. The van der Waals surface area contributed by atoms with Crippen molar-refractivity contribution in [3.05, 3.63) is 23.8 Å². The molecule has 0 aliphatic carbocycles. The molecule has 3 heterocycles. The molecule has 0 radical (unpaired) electrons. The van der Waals surface area contributed by atoms with Crippen LogP contribution in [-0.4, -0.2) is 38.6 Å². The van der Waals surface area contributed by atoms with Gasteiger partial charge in [-0.2, -0.15) is 0 Å². The van der Waals surface area contributed by atoms with Gasteiger partial charge in [0.15, 0.2) is 0 Å². The van der Waals surface area contributed by atoms with Crippen LogP contribution in [0.2, 0.25) is 0 Å². The third-order valence-electron chi connectivity index (χ3n) is 5.47. The van der Waals surface area contributed by atoms with E-state index >= 15 is 0 Å². The van der Waals surface area contributed by atoms with Gasteiger partial charge in [0, 0.05) is 49.9 Å². The van der Waals surface area contributed by atoms with E-state index in [1.165, 1.54) is 43.7 Å². The summed E-state index contributed by atoms with van der Waals surface area (Å²) in [5.74, 6) is 0.152. The van der Waals surface area contributed by atoms with E-state index in [0.717, 1.165) is 25.2 Å². The third kappa shape index (κ3) is 2.13. The van der Waals surface area contributed by atoms with Crippen LogP contribution in [0.25, 0.3) is 0 Å². The number of carbonyl (C=O) groups is 1. The lowest BCUT2D eigenvalue weighted by atomic mass is 9.86. The lowest BCUT2D eigenvalue weighted by molar-refractivity contribution is -0.116. The van der Waals surface area contributed by atoms with E-state index in [2.05, 4.69) is 28.4 Å². The number of nitrogens with zero attached hydrogens (tertiary/aromatic N) is 2. The maximum Gasteiger partial charge on any atom is 0.223 e. The highest BCUT2D eigenvalue weighted by Crippen LogP contribution is 2.39. The minimum absolute atomic E-state index is 0.152. The van der Waals surface area contributed by atoms with Gasteiger partial charge in [-0.1, -0.05) is 0 Å². The lowest BCUT2D eigenvalue weighted by Gasteiger charge is -2.24. The number of hydrogen-bond donors (Lipinski definition) is 1. The maximum absolute atomic E-state index is 11.6. The Balaban J connectivity index is 1.56. The van der Waals surface area contributed by atoms with Crippen molar-refractivity contribution in [1.29, 1.82) is 0 Å². The van der Waals surface area contributed by atoms with Gasteiger partial charge >= 0.3 is 0 Å². The van der Waals surface area contributed by atoms with Crippen LogP contribution in [0.15, 0.2) is 18.2 Å². The zero-order valence-corrected chi connectivity index (χ0v) is 12.7. The van der Waals surface area contributed by atoms with E-state index in [4.69, 9.17) is 0 Å². The van der Waals surface area contributed by atoms with Crippen molar-refractivity contribution in [2.45, 2.75) is 26.2 Å². The van der Waals surface area contributed by atoms with E-state index in [0.29, 0.717) is 5.41 Å². The van der Waals surface area contributed by atoms with Crippen LogP contribution in [0.4, 0.5) is 11.4 Å². The maximum atomic E-state index is 11.6. The normalized spacial score (nSPS) is 27.7. The fourth-order valence-corrected chi connectivity index (χ4v) is 4.21. The number of hydrogen-bond acceptors (Lipinski definition) is 3. The fourth-order valence-electron chi connectivity index (χ4n) is 4.21. The topological polar surface area (TPSA) is 35.6 Å². The van der Waals surface area contributed by atoms with Crippen LogP contribution in [0, 0.1) is 5.41 Å². The van der Waals surface area contributed by atoms with Crippen molar-refractivity contribution in [1.82, 2.24) is 5.32 Å². The molecular formula is C17H23N3O. The molecular weight excluding hydrogens is 262 g/mol. The van der Waals surface area contributed by atoms with Gasteiger partial charge in [-0.15, -0.1) is 0 Å². The van der Waals surface area contributed by atoms with Gasteiger partial charge in [0.2, 0.25) is 5.91 Å². The second-order valence-electron chi connectivity index (χ2n) is 6.83. The molecule has 0 aromatic heterocycles. The number of nitrogens with one attached hydrogen (secondary N) is 1. The predicted octanol–water partition coefficient (Wildman–Crippen LogP) is 1.79. The quantitative estimate of drug-likeness (QED) is 0.854. The molecule has 112 valence electrons. The molecule has 4 nitrogen and oxygen atoms in total. The van der Waals surface area contributed by atoms with Gasteiger partial charge < -0.3 is 15.1 Å². The Morgan fingerprint density at radius 3 is 2.95 bits per heavy atom. The molecule has 1 atom stereocenters. The van der Waals surface area contributed by atoms with Crippen molar-refractivity contribution in [3.8, 4) is 0 Å². The van der Waals surface area contributed by atoms with Gasteiger partial charge in [0.05, 0.1) is 0 Å². The van der Waals surface area contributed by atoms with Crippen LogP contribution in [-0.2, 0) is 11.2 Å². The van der Waals surface area contributed by atoms with E-state index < -0.39 is 0 Å². The molecule has 4 heteroatoms. The van der Waals surface area contributed by atoms with Crippen molar-refractivity contribution < 1.29 is 4.79 Å². The minimum Gasteiger partial charge on any atom is -0.371 e. The summed E-state index contributed by atoms with van der Waals surface area (Å²) in [4.78, 5) is 16.1.